The van der Waals surface area contributed by atoms with Gasteiger partial charge in [0.2, 0.25) is 0 Å². The Labute approximate surface area is 85.9 Å². The van der Waals surface area contributed by atoms with E-state index in [0.717, 1.165) is 25.9 Å². The molecule has 0 heterocycles. The molecular formula is C10H21NO3. The zero-order chi connectivity index (χ0) is 11.0. The van der Waals surface area contributed by atoms with Gasteiger partial charge in [-0.15, -0.1) is 0 Å². The molecule has 1 N–H and O–H groups in total. The molecule has 0 saturated carbocycles. The van der Waals surface area contributed by atoms with Gasteiger partial charge in [-0.3, -0.25) is 9.69 Å². The average Bonchev–Trinajstić information content (AvgIpc) is 2.17. The van der Waals surface area contributed by atoms with Crippen LogP contribution >= 0.6 is 0 Å². The summed E-state index contributed by atoms with van der Waals surface area (Å²) in [6.45, 7) is 5.90. The third-order valence-corrected chi connectivity index (χ3v) is 2.26. The molecule has 1 unspecified atom stereocenters. The first kappa shape index (κ1) is 13.4. The lowest BCUT2D eigenvalue weighted by Gasteiger charge is -2.26. The average molecular weight is 203 g/mol. The van der Waals surface area contributed by atoms with E-state index in [2.05, 4.69) is 6.92 Å². The number of aliphatic carboxylic acids is 1. The van der Waals surface area contributed by atoms with Crippen LogP contribution in [0.1, 0.15) is 26.7 Å². The maximum absolute atomic E-state index is 10.9. The second kappa shape index (κ2) is 7.76. The van der Waals surface area contributed by atoms with Gasteiger partial charge in [-0.2, -0.15) is 0 Å². The minimum Gasteiger partial charge on any atom is -0.480 e. The number of carboxylic acid groups (broad SMARTS) is 1. The number of methoxy groups -OCH3 is 1. The van der Waals surface area contributed by atoms with Crippen LogP contribution in [0.15, 0.2) is 0 Å². The molecule has 0 spiro atoms. The fourth-order valence-electron chi connectivity index (χ4n) is 1.39. The molecule has 0 aromatic rings. The van der Waals surface area contributed by atoms with Crippen molar-refractivity contribution in [3.05, 3.63) is 0 Å². The van der Waals surface area contributed by atoms with Gasteiger partial charge >= 0.3 is 5.97 Å². The number of hydrogen-bond donors (Lipinski definition) is 1. The van der Waals surface area contributed by atoms with Crippen molar-refractivity contribution in [3.63, 3.8) is 0 Å². The van der Waals surface area contributed by atoms with Crippen LogP contribution < -0.4 is 0 Å². The Bertz CT molecular complexity index is 161. The Morgan fingerprint density at radius 1 is 1.50 bits per heavy atom. The fraction of sp³-hybridized carbons (Fsp3) is 0.900. The summed E-state index contributed by atoms with van der Waals surface area (Å²) in [5, 5.41) is 8.98. The minimum absolute atomic E-state index is 0.257. The molecule has 0 radical (unpaired) electrons. The van der Waals surface area contributed by atoms with Crippen LogP contribution in [0.5, 0.6) is 0 Å². The Morgan fingerprint density at radius 2 is 2.14 bits per heavy atom. The molecule has 0 fully saturated rings. The summed E-state index contributed by atoms with van der Waals surface area (Å²) in [4.78, 5) is 12.9. The van der Waals surface area contributed by atoms with Crippen molar-refractivity contribution in [1.29, 1.82) is 0 Å². The molecule has 0 amide bonds. The van der Waals surface area contributed by atoms with Crippen molar-refractivity contribution < 1.29 is 14.6 Å². The topological polar surface area (TPSA) is 49.8 Å². The molecular weight excluding hydrogens is 182 g/mol. The number of ether oxygens (including phenoxy) is 1. The number of unbranched alkanes of at least 4 members (excludes halogenated alkanes) is 1. The predicted octanol–water partition coefficient (Wildman–Crippen LogP) is 1.21. The van der Waals surface area contributed by atoms with Crippen molar-refractivity contribution in [2.75, 3.05) is 26.8 Å². The first-order valence-corrected chi connectivity index (χ1v) is 5.13. The van der Waals surface area contributed by atoms with Gasteiger partial charge in [0.25, 0.3) is 0 Å². The number of likely N-dealkylation sites (N-methyl/N-ethyl adjacent to an activating group) is 1. The van der Waals surface area contributed by atoms with Gasteiger partial charge in [0.1, 0.15) is 6.04 Å². The predicted molar refractivity (Wildman–Crippen MR) is 55.5 cm³/mol. The normalized spacial score (nSPS) is 13.1. The largest absolute Gasteiger partial charge is 0.480 e. The summed E-state index contributed by atoms with van der Waals surface area (Å²) in [5.41, 5.74) is 0. The van der Waals surface area contributed by atoms with Gasteiger partial charge < -0.3 is 9.84 Å². The van der Waals surface area contributed by atoms with Crippen LogP contribution in [0.25, 0.3) is 0 Å². The first-order chi connectivity index (χ1) is 6.67. The molecule has 84 valence electrons. The zero-order valence-corrected chi connectivity index (χ0v) is 9.32. The van der Waals surface area contributed by atoms with Crippen molar-refractivity contribution in [2.45, 2.75) is 32.7 Å². The van der Waals surface area contributed by atoms with Crippen molar-refractivity contribution >= 4 is 5.97 Å². The zero-order valence-electron chi connectivity index (χ0n) is 9.32. The molecule has 4 nitrogen and oxygen atoms in total. The van der Waals surface area contributed by atoms with E-state index in [1.807, 2.05) is 11.8 Å². The van der Waals surface area contributed by atoms with Gasteiger partial charge in [-0.05, 0) is 19.5 Å². The highest BCUT2D eigenvalue weighted by Gasteiger charge is 2.23. The first-order valence-electron chi connectivity index (χ1n) is 5.13. The molecule has 0 aromatic carbocycles. The van der Waals surface area contributed by atoms with Crippen LogP contribution in [0.3, 0.4) is 0 Å². The maximum atomic E-state index is 10.9. The highest BCUT2D eigenvalue weighted by molar-refractivity contribution is 5.73. The molecule has 0 bridgehead atoms. The highest BCUT2D eigenvalue weighted by atomic mass is 16.5. The lowest BCUT2D eigenvalue weighted by atomic mass is 10.2. The van der Waals surface area contributed by atoms with E-state index in [-0.39, 0.29) is 6.61 Å². The number of hydrogen-bond acceptors (Lipinski definition) is 3. The SMILES string of the molecule is CCCCN(CC)C(COC)C(=O)O. The molecule has 0 aliphatic rings. The number of carboxylic acids is 1. The minimum atomic E-state index is -0.801. The standard InChI is InChI=1S/C10H21NO3/c1-4-6-7-11(5-2)9(8-14-3)10(12)13/h9H,4-8H2,1-3H3,(H,12,13). The van der Waals surface area contributed by atoms with Crippen LogP contribution in [-0.4, -0.2) is 48.8 Å². The van der Waals surface area contributed by atoms with Crippen LogP contribution in [0, 0.1) is 0 Å². The Kier molecular flexibility index (Phi) is 7.42. The van der Waals surface area contributed by atoms with E-state index in [1.54, 1.807) is 0 Å². The smallest absolute Gasteiger partial charge is 0.323 e. The fourth-order valence-corrected chi connectivity index (χ4v) is 1.39. The Morgan fingerprint density at radius 3 is 2.50 bits per heavy atom. The van der Waals surface area contributed by atoms with Gasteiger partial charge in [0.15, 0.2) is 0 Å². The second-order valence-electron chi connectivity index (χ2n) is 3.29. The van der Waals surface area contributed by atoms with Gasteiger partial charge in [0.05, 0.1) is 6.61 Å². The number of carbonyl (C=O) groups is 1. The van der Waals surface area contributed by atoms with E-state index in [1.165, 1.54) is 7.11 Å². The lowest BCUT2D eigenvalue weighted by molar-refractivity contribution is -0.145. The molecule has 4 heteroatoms. The highest BCUT2D eigenvalue weighted by Crippen LogP contribution is 2.03. The summed E-state index contributed by atoms with van der Waals surface area (Å²) in [6.07, 6.45) is 2.11. The van der Waals surface area contributed by atoms with Crippen molar-refractivity contribution in [3.8, 4) is 0 Å². The van der Waals surface area contributed by atoms with E-state index >= 15 is 0 Å². The summed E-state index contributed by atoms with van der Waals surface area (Å²) in [7, 11) is 1.53. The summed E-state index contributed by atoms with van der Waals surface area (Å²) in [5.74, 6) is -0.801. The van der Waals surface area contributed by atoms with Gasteiger partial charge in [-0.1, -0.05) is 20.3 Å². The second-order valence-corrected chi connectivity index (χ2v) is 3.29. The number of rotatable bonds is 8. The quantitative estimate of drug-likeness (QED) is 0.644. The Balaban J connectivity index is 4.18. The van der Waals surface area contributed by atoms with Crippen molar-refractivity contribution in [2.24, 2.45) is 0 Å². The van der Waals surface area contributed by atoms with E-state index < -0.39 is 12.0 Å². The molecule has 14 heavy (non-hydrogen) atoms. The summed E-state index contributed by atoms with van der Waals surface area (Å²) in [6, 6.07) is -0.503. The van der Waals surface area contributed by atoms with E-state index in [9.17, 15) is 4.79 Å². The molecule has 0 aliphatic carbocycles. The maximum Gasteiger partial charge on any atom is 0.323 e. The van der Waals surface area contributed by atoms with Crippen molar-refractivity contribution in [1.82, 2.24) is 4.90 Å². The Hall–Kier alpha value is -0.610. The van der Waals surface area contributed by atoms with Crippen LogP contribution in [0.4, 0.5) is 0 Å². The molecule has 0 aliphatic heterocycles. The molecule has 1 atom stereocenters. The summed E-state index contributed by atoms with van der Waals surface area (Å²) >= 11 is 0. The summed E-state index contributed by atoms with van der Waals surface area (Å²) < 4.78 is 4.91. The molecule has 0 saturated heterocycles. The third kappa shape index (κ3) is 4.58. The van der Waals surface area contributed by atoms with Gasteiger partial charge in [0, 0.05) is 7.11 Å². The number of nitrogens with zero attached hydrogens (tertiary/aromatic N) is 1. The monoisotopic (exact) mass is 203 g/mol. The van der Waals surface area contributed by atoms with Gasteiger partial charge in [-0.25, -0.2) is 0 Å². The molecule has 0 aromatic heterocycles. The molecule has 0 rings (SSSR count). The van der Waals surface area contributed by atoms with Crippen LogP contribution in [-0.2, 0) is 9.53 Å². The third-order valence-electron chi connectivity index (χ3n) is 2.26. The van der Waals surface area contributed by atoms with Crippen LogP contribution in [0.2, 0.25) is 0 Å². The van der Waals surface area contributed by atoms with E-state index in [0.29, 0.717) is 0 Å². The lowest BCUT2D eigenvalue weighted by Crippen LogP contribution is -2.44. The van der Waals surface area contributed by atoms with E-state index in [4.69, 9.17) is 9.84 Å².